The summed E-state index contributed by atoms with van der Waals surface area (Å²) in [5, 5.41) is 6.81. The second-order valence-corrected chi connectivity index (χ2v) is 10.1. The molecule has 4 rings (SSSR count). The molecule has 3 aromatic rings. The normalized spacial score (nSPS) is 13.9. The van der Waals surface area contributed by atoms with Crippen LogP contribution in [-0.2, 0) is 14.8 Å². The molecule has 1 aliphatic rings. The molecule has 1 amide bonds. The van der Waals surface area contributed by atoms with Gasteiger partial charge in [0, 0.05) is 16.5 Å². The van der Waals surface area contributed by atoms with E-state index < -0.39 is 10.0 Å². The minimum atomic E-state index is -3.70. The lowest BCUT2D eigenvalue weighted by Crippen LogP contribution is -2.14. The zero-order valence-electron chi connectivity index (χ0n) is 17.7. The molecular weight excluding hydrogens is 446 g/mol. The van der Waals surface area contributed by atoms with Gasteiger partial charge in [-0.3, -0.25) is 9.52 Å². The zero-order valence-corrected chi connectivity index (χ0v) is 19.3. The van der Waals surface area contributed by atoms with Gasteiger partial charge < -0.3 is 9.84 Å². The molecule has 2 aromatic carbocycles. The van der Waals surface area contributed by atoms with Gasteiger partial charge in [0.2, 0.25) is 5.91 Å². The summed E-state index contributed by atoms with van der Waals surface area (Å²) >= 11 is 1.54. The molecule has 0 saturated heterocycles. The molecule has 2 N–H and O–H groups in total. The van der Waals surface area contributed by atoms with E-state index in [1.807, 2.05) is 18.4 Å². The predicted octanol–water partition coefficient (Wildman–Crippen LogP) is 5.02. The molecule has 0 spiro atoms. The summed E-state index contributed by atoms with van der Waals surface area (Å²) in [7, 11) is -3.70. The Morgan fingerprint density at radius 2 is 1.91 bits per heavy atom. The van der Waals surface area contributed by atoms with Gasteiger partial charge in [-0.15, -0.1) is 11.8 Å². The van der Waals surface area contributed by atoms with E-state index in [4.69, 9.17) is 4.52 Å². The van der Waals surface area contributed by atoms with Crippen molar-refractivity contribution in [1.29, 1.82) is 0 Å². The van der Waals surface area contributed by atoms with Crippen molar-refractivity contribution in [3.05, 3.63) is 65.5 Å². The highest BCUT2D eigenvalue weighted by Gasteiger charge is 2.30. The van der Waals surface area contributed by atoms with Gasteiger partial charge in [-0.1, -0.05) is 29.4 Å². The topological polar surface area (TPSA) is 101 Å². The fourth-order valence-corrected chi connectivity index (χ4v) is 4.56. The molecule has 0 radical (unpaired) electrons. The van der Waals surface area contributed by atoms with Crippen LogP contribution >= 0.6 is 11.8 Å². The van der Waals surface area contributed by atoms with E-state index in [2.05, 4.69) is 15.2 Å². The number of aryl methyl sites for hydroxylation is 1. The Bertz CT molecular complexity index is 1260. The molecule has 0 unspecified atom stereocenters. The number of aromatic nitrogens is 1. The molecule has 7 nitrogen and oxygen atoms in total. The van der Waals surface area contributed by atoms with Gasteiger partial charge in [-0.05, 0) is 68.0 Å². The maximum atomic E-state index is 12.7. The lowest BCUT2D eigenvalue weighted by Gasteiger charge is -2.09. The van der Waals surface area contributed by atoms with Crippen LogP contribution in [0.5, 0.6) is 0 Å². The van der Waals surface area contributed by atoms with Gasteiger partial charge in [0.25, 0.3) is 10.0 Å². The number of benzene rings is 2. The Hall–Kier alpha value is -3.04. The number of nitrogens with zero attached hydrogens (tertiary/aromatic N) is 1. The Morgan fingerprint density at radius 3 is 2.59 bits per heavy atom. The van der Waals surface area contributed by atoms with Crippen LogP contribution in [0.3, 0.4) is 0 Å². The molecule has 1 aliphatic carbocycles. The highest BCUT2D eigenvalue weighted by molar-refractivity contribution is 7.98. The fraction of sp³-hybridized carbons (Fsp3) is 0.217. The fourth-order valence-electron chi connectivity index (χ4n) is 3.05. The summed E-state index contributed by atoms with van der Waals surface area (Å²) in [4.78, 5) is 13.2. The van der Waals surface area contributed by atoms with Crippen molar-refractivity contribution in [3.8, 4) is 0 Å². The van der Waals surface area contributed by atoms with Crippen molar-refractivity contribution in [2.45, 2.75) is 29.6 Å². The van der Waals surface area contributed by atoms with Crippen molar-refractivity contribution in [3.63, 3.8) is 0 Å². The SMILES string of the molecule is CSc1cccc(NS(=O)(=O)c2ccc(/C=C\c3onc(C)c3NC(=O)C3CC3)cc2)c1. The van der Waals surface area contributed by atoms with E-state index in [-0.39, 0.29) is 16.7 Å². The van der Waals surface area contributed by atoms with Gasteiger partial charge in [-0.2, -0.15) is 0 Å². The minimum Gasteiger partial charge on any atom is -0.354 e. The summed E-state index contributed by atoms with van der Waals surface area (Å²) in [5.74, 6) is 0.507. The zero-order chi connectivity index (χ0) is 22.7. The molecule has 0 atom stereocenters. The van der Waals surface area contributed by atoms with E-state index in [9.17, 15) is 13.2 Å². The second kappa shape index (κ2) is 9.22. The van der Waals surface area contributed by atoms with E-state index in [1.165, 1.54) is 0 Å². The molecule has 1 saturated carbocycles. The number of hydrogen-bond donors (Lipinski definition) is 2. The number of rotatable bonds is 8. The number of carbonyl (C=O) groups excluding carboxylic acids is 1. The van der Waals surface area contributed by atoms with E-state index >= 15 is 0 Å². The monoisotopic (exact) mass is 469 g/mol. The van der Waals surface area contributed by atoms with Crippen LogP contribution in [0.25, 0.3) is 12.2 Å². The highest BCUT2D eigenvalue weighted by Crippen LogP contribution is 2.32. The van der Waals surface area contributed by atoms with Crippen LogP contribution in [0.4, 0.5) is 11.4 Å². The van der Waals surface area contributed by atoms with Gasteiger partial charge in [-0.25, -0.2) is 8.42 Å². The largest absolute Gasteiger partial charge is 0.354 e. The Balaban J connectivity index is 1.47. The van der Waals surface area contributed by atoms with Crippen LogP contribution in [-0.4, -0.2) is 25.7 Å². The summed E-state index contributed by atoms with van der Waals surface area (Å²) in [5.41, 5.74) is 2.47. The molecule has 9 heteroatoms. The molecule has 1 aromatic heterocycles. The van der Waals surface area contributed by atoms with Crippen molar-refractivity contribution in [2.75, 3.05) is 16.3 Å². The van der Waals surface area contributed by atoms with Crippen LogP contribution < -0.4 is 10.0 Å². The smallest absolute Gasteiger partial charge is 0.261 e. The number of anilines is 2. The predicted molar refractivity (Wildman–Crippen MR) is 127 cm³/mol. The van der Waals surface area contributed by atoms with E-state index in [0.717, 1.165) is 23.3 Å². The number of carbonyl (C=O) groups is 1. The molecule has 166 valence electrons. The van der Waals surface area contributed by atoms with Crippen LogP contribution in [0.1, 0.15) is 29.9 Å². The first-order valence-electron chi connectivity index (χ1n) is 10.1. The third-order valence-electron chi connectivity index (χ3n) is 5.02. The first-order chi connectivity index (χ1) is 15.4. The average molecular weight is 470 g/mol. The molecular formula is C23H23N3O4S2. The molecule has 32 heavy (non-hydrogen) atoms. The third-order valence-corrected chi connectivity index (χ3v) is 7.15. The Kier molecular flexibility index (Phi) is 6.38. The van der Waals surface area contributed by atoms with Crippen molar-refractivity contribution >= 4 is 51.2 Å². The Labute approximate surface area is 191 Å². The van der Waals surface area contributed by atoms with Gasteiger partial charge in [0.05, 0.1) is 4.90 Å². The first kappa shape index (κ1) is 22.2. The number of thioether (sulfide) groups is 1. The molecule has 1 fully saturated rings. The van der Waals surface area contributed by atoms with Crippen LogP contribution in [0.15, 0.2) is 62.8 Å². The lowest BCUT2D eigenvalue weighted by molar-refractivity contribution is -0.117. The second-order valence-electron chi connectivity index (χ2n) is 7.51. The summed E-state index contributed by atoms with van der Waals surface area (Å²) < 4.78 is 33.3. The van der Waals surface area contributed by atoms with Crippen molar-refractivity contribution < 1.29 is 17.7 Å². The maximum Gasteiger partial charge on any atom is 0.261 e. The van der Waals surface area contributed by atoms with Crippen LogP contribution in [0.2, 0.25) is 0 Å². The molecule has 0 bridgehead atoms. The number of nitrogens with one attached hydrogen (secondary N) is 2. The highest BCUT2D eigenvalue weighted by atomic mass is 32.2. The van der Waals surface area contributed by atoms with Crippen LogP contribution in [0, 0.1) is 12.8 Å². The van der Waals surface area contributed by atoms with E-state index in [1.54, 1.807) is 67.2 Å². The quantitative estimate of drug-likeness (QED) is 0.449. The molecule has 0 aliphatic heterocycles. The van der Waals surface area contributed by atoms with Crippen molar-refractivity contribution in [2.24, 2.45) is 5.92 Å². The lowest BCUT2D eigenvalue weighted by atomic mass is 10.2. The first-order valence-corrected chi connectivity index (χ1v) is 12.8. The Morgan fingerprint density at radius 1 is 1.16 bits per heavy atom. The van der Waals surface area contributed by atoms with Gasteiger partial charge in [0.15, 0.2) is 5.76 Å². The average Bonchev–Trinajstić information content (AvgIpc) is 3.58. The minimum absolute atomic E-state index is 0.0175. The van der Waals surface area contributed by atoms with Gasteiger partial charge >= 0.3 is 0 Å². The molecule has 1 heterocycles. The number of amides is 1. The van der Waals surface area contributed by atoms with E-state index in [0.29, 0.717) is 22.8 Å². The summed E-state index contributed by atoms with van der Waals surface area (Å²) in [6, 6.07) is 13.7. The standard InChI is InChI=1S/C23H23N3O4S2/c1-15-22(24-23(27)17-9-10-17)21(30-25-15)13-8-16-6-11-20(12-7-16)32(28,29)26-18-4-3-5-19(14-18)31-2/h3-8,11-14,17,26H,9-10H2,1-2H3,(H,24,27)/b13-8-. The summed E-state index contributed by atoms with van der Waals surface area (Å²) in [6.07, 6.45) is 7.24. The van der Waals surface area contributed by atoms with Gasteiger partial charge in [0.1, 0.15) is 11.4 Å². The van der Waals surface area contributed by atoms with Crippen molar-refractivity contribution in [1.82, 2.24) is 5.16 Å². The summed E-state index contributed by atoms with van der Waals surface area (Å²) in [6.45, 7) is 1.77. The maximum absolute atomic E-state index is 12.7. The third kappa shape index (κ3) is 5.23. The number of hydrogen-bond acceptors (Lipinski definition) is 6. The number of sulfonamides is 1.